The van der Waals surface area contributed by atoms with Gasteiger partial charge in [-0.15, -0.1) is 5.10 Å². The molecule has 32 heavy (non-hydrogen) atoms. The molecule has 5 heterocycles. The van der Waals surface area contributed by atoms with Crippen LogP contribution in [0.4, 0.5) is 0 Å². The van der Waals surface area contributed by atoms with E-state index in [-0.39, 0.29) is 6.61 Å². The van der Waals surface area contributed by atoms with Gasteiger partial charge in [-0.25, -0.2) is 9.67 Å². The van der Waals surface area contributed by atoms with E-state index in [0.29, 0.717) is 40.3 Å². The Morgan fingerprint density at radius 3 is 2.91 bits per heavy atom. The number of halogens is 1. The van der Waals surface area contributed by atoms with Crippen molar-refractivity contribution in [2.45, 2.75) is 13.2 Å². The van der Waals surface area contributed by atoms with E-state index in [4.69, 9.17) is 20.9 Å². The van der Waals surface area contributed by atoms with Crippen LogP contribution in [-0.4, -0.2) is 50.1 Å². The number of hydrogen-bond donors (Lipinski definition) is 0. The molecule has 0 aliphatic carbocycles. The van der Waals surface area contributed by atoms with Crippen molar-refractivity contribution in [1.82, 2.24) is 50.1 Å². The van der Waals surface area contributed by atoms with Crippen LogP contribution in [0.5, 0.6) is 5.88 Å². The van der Waals surface area contributed by atoms with E-state index in [2.05, 4.69) is 40.7 Å². The fraction of sp³-hybridized carbons (Fsp3) is 0.158. The maximum atomic E-state index is 5.87. The molecule has 5 rings (SSSR count). The smallest absolute Gasteiger partial charge is 0.261 e. The molecular formula is C19H15ClN10O2. The van der Waals surface area contributed by atoms with E-state index in [1.165, 1.54) is 12.5 Å². The van der Waals surface area contributed by atoms with Gasteiger partial charge in [0, 0.05) is 37.3 Å². The largest absolute Gasteiger partial charge is 0.471 e. The second-order valence-electron chi connectivity index (χ2n) is 6.74. The Hall–Kier alpha value is -4.19. The van der Waals surface area contributed by atoms with Crippen molar-refractivity contribution in [3.05, 3.63) is 65.6 Å². The molecule has 0 spiro atoms. The van der Waals surface area contributed by atoms with Crippen molar-refractivity contribution in [2.24, 2.45) is 7.05 Å². The van der Waals surface area contributed by atoms with Crippen LogP contribution < -0.4 is 4.74 Å². The third-order valence-corrected chi connectivity index (χ3v) is 4.79. The molecule has 5 aromatic rings. The van der Waals surface area contributed by atoms with Crippen LogP contribution >= 0.6 is 11.6 Å². The van der Waals surface area contributed by atoms with Gasteiger partial charge in [0.2, 0.25) is 11.7 Å². The highest BCUT2D eigenvalue weighted by molar-refractivity contribution is 6.30. The Bertz CT molecular complexity index is 1330. The highest BCUT2D eigenvalue weighted by Gasteiger charge is 2.19. The van der Waals surface area contributed by atoms with Crippen LogP contribution in [0, 0.1) is 0 Å². The van der Waals surface area contributed by atoms with Crippen molar-refractivity contribution < 1.29 is 9.26 Å². The molecular weight excluding hydrogens is 436 g/mol. The molecule has 0 aliphatic rings. The van der Waals surface area contributed by atoms with Crippen LogP contribution in [0.3, 0.4) is 0 Å². The molecule has 0 aromatic carbocycles. The first kappa shape index (κ1) is 19.8. The van der Waals surface area contributed by atoms with Gasteiger partial charge in [-0.05, 0) is 28.1 Å². The highest BCUT2D eigenvalue weighted by Crippen LogP contribution is 2.26. The zero-order valence-electron chi connectivity index (χ0n) is 16.7. The third-order valence-electron chi connectivity index (χ3n) is 4.56. The lowest BCUT2D eigenvalue weighted by molar-refractivity contribution is 0.283. The second-order valence-corrected chi connectivity index (χ2v) is 7.18. The van der Waals surface area contributed by atoms with Gasteiger partial charge in [0.05, 0.1) is 29.0 Å². The Morgan fingerprint density at radius 2 is 2.09 bits per heavy atom. The van der Waals surface area contributed by atoms with Crippen LogP contribution in [-0.2, 0) is 20.2 Å². The van der Waals surface area contributed by atoms with Gasteiger partial charge in [0.25, 0.3) is 5.89 Å². The summed E-state index contributed by atoms with van der Waals surface area (Å²) in [4.78, 5) is 12.9. The summed E-state index contributed by atoms with van der Waals surface area (Å²) in [6.45, 7) is 0.683. The SMILES string of the molecule is Cn1ncc(-c2nc(-c3cncc(Cn4cnnn4)c3)no2)c1COc1ccc(Cl)cn1. The first-order valence-corrected chi connectivity index (χ1v) is 9.78. The van der Waals surface area contributed by atoms with Gasteiger partial charge in [0.15, 0.2) is 0 Å². The lowest BCUT2D eigenvalue weighted by Gasteiger charge is -2.06. The lowest BCUT2D eigenvalue weighted by atomic mass is 10.2. The van der Waals surface area contributed by atoms with E-state index in [1.54, 1.807) is 47.1 Å². The summed E-state index contributed by atoms with van der Waals surface area (Å²) in [6.07, 6.45) is 8.10. The van der Waals surface area contributed by atoms with E-state index in [9.17, 15) is 0 Å². The van der Waals surface area contributed by atoms with Gasteiger partial charge in [0.1, 0.15) is 12.9 Å². The van der Waals surface area contributed by atoms with Crippen LogP contribution in [0.15, 0.2) is 53.8 Å². The molecule has 0 fully saturated rings. The van der Waals surface area contributed by atoms with Gasteiger partial charge in [-0.3, -0.25) is 9.67 Å². The minimum atomic E-state index is 0.209. The molecule has 0 N–H and O–H groups in total. The first-order chi connectivity index (χ1) is 15.7. The molecule has 160 valence electrons. The Kier molecular flexibility index (Phi) is 5.25. The Morgan fingerprint density at radius 1 is 1.16 bits per heavy atom. The van der Waals surface area contributed by atoms with Crippen LogP contribution in [0.25, 0.3) is 22.8 Å². The first-order valence-electron chi connectivity index (χ1n) is 9.40. The zero-order valence-corrected chi connectivity index (χ0v) is 17.5. The summed E-state index contributed by atoms with van der Waals surface area (Å²) in [7, 11) is 1.81. The standard InChI is InChI=1S/C19H15ClN10O2/c1-29-16(10-31-17-3-2-14(20)7-22-17)15(8-24-29)19-25-18(26-32-19)13-4-12(5-21-6-13)9-30-11-23-27-28-30/h2-8,11H,9-10H2,1H3. The summed E-state index contributed by atoms with van der Waals surface area (Å²) in [6, 6.07) is 5.31. The zero-order chi connectivity index (χ0) is 21.9. The second kappa shape index (κ2) is 8.51. The van der Waals surface area contributed by atoms with E-state index in [1.807, 2.05) is 6.07 Å². The number of hydrogen-bond acceptors (Lipinski definition) is 10. The minimum absolute atomic E-state index is 0.209. The quantitative estimate of drug-likeness (QED) is 0.363. The summed E-state index contributed by atoms with van der Waals surface area (Å²) in [5.41, 5.74) is 3.02. The summed E-state index contributed by atoms with van der Waals surface area (Å²) >= 11 is 5.87. The van der Waals surface area contributed by atoms with Gasteiger partial charge >= 0.3 is 0 Å². The number of aromatic nitrogens is 10. The minimum Gasteiger partial charge on any atom is -0.471 e. The molecule has 0 radical (unpaired) electrons. The van der Waals surface area contributed by atoms with Crippen molar-refractivity contribution in [2.75, 3.05) is 0 Å². The number of tetrazole rings is 1. The van der Waals surface area contributed by atoms with Crippen molar-refractivity contribution >= 4 is 11.6 Å². The Balaban J connectivity index is 1.36. The van der Waals surface area contributed by atoms with Crippen LogP contribution in [0.2, 0.25) is 5.02 Å². The predicted molar refractivity (Wildman–Crippen MR) is 110 cm³/mol. The number of pyridine rings is 2. The normalized spacial score (nSPS) is 11.1. The fourth-order valence-corrected chi connectivity index (χ4v) is 3.10. The van der Waals surface area contributed by atoms with Crippen molar-refractivity contribution in [3.8, 4) is 28.7 Å². The van der Waals surface area contributed by atoms with E-state index >= 15 is 0 Å². The molecule has 0 saturated heterocycles. The summed E-state index contributed by atoms with van der Waals surface area (Å²) in [5, 5.41) is 20.0. The van der Waals surface area contributed by atoms with Crippen molar-refractivity contribution in [3.63, 3.8) is 0 Å². The molecule has 0 aliphatic heterocycles. The molecule has 13 heteroatoms. The topological polar surface area (TPSA) is 135 Å². The molecule has 0 bridgehead atoms. The number of rotatable bonds is 7. The molecule has 0 saturated carbocycles. The van der Waals surface area contributed by atoms with Gasteiger partial charge in [-0.1, -0.05) is 16.8 Å². The number of aryl methyl sites for hydroxylation is 1. The predicted octanol–water partition coefficient (Wildman–Crippen LogP) is 2.19. The van der Waals surface area contributed by atoms with Crippen molar-refractivity contribution in [1.29, 1.82) is 0 Å². The number of ether oxygens (including phenoxy) is 1. The molecule has 0 unspecified atom stereocenters. The molecule has 0 amide bonds. The molecule has 0 atom stereocenters. The van der Waals surface area contributed by atoms with Crippen LogP contribution in [0.1, 0.15) is 11.3 Å². The molecule has 12 nitrogen and oxygen atoms in total. The lowest BCUT2D eigenvalue weighted by Crippen LogP contribution is -2.05. The fourth-order valence-electron chi connectivity index (χ4n) is 2.99. The van der Waals surface area contributed by atoms with E-state index in [0.717, 1.165) is 11.3 Å². The monoisotopic (exact) mass is 450 g/mol. The third kappa shape index (κ3) is 4.16. The van der Waals surface area contributed by atoms with Gasteiger partial charge in [-0.2, -0.15) is 10.1 Å². The summed E-state index contributed by atoms with van der Waals surface area (Å²) in [5.74, 6) is 1.17. The number of nitrogens with zero attached hydrogens (tertiary/aromatic N) is 10. The Labute approximate surface area is 185 Å². The van der Waals surface area contributed by atoms with E-state index < -0.39 is 0 Å². The average molecular weight is 451 g/mol. The molecule has 5 aromatic heterocycles. The summed E-state index contributed by atoms with van der Waals surface area (Å²) < 4.78 is 14.5. The highest BCUT2D eigenvalue weighted by atomic mass is 35.5. The maximum absolute atomic E-state index is 5.87. The van der Waals surface area contributed by atoms with Gasteiger partial charge < -0.3 is 9.26 Å². The average Bonchev–Trinajstić information content (AvgIpc) is 3.55. The maximum Gasteiger partial charge on any atom is 0.261 e.